The highest BCUT2D eigenvalue weighted by Crippen LogP contribution is 2.32. The van der Waals surface area contributed by atoms with Gasteiger partial charge in [0.25, 0.3) is 5.91 Å². The molecule has 0 radical (unpaired) electrons. The fraction of sp³-hybridized carbons (Fsp3) is 0.0500. The Balaban J connectivity index is 1.95. The van der Waals surface area contributed by atoms with Crippen LogP contribution in [0.2, 0.25) is 0 Å². The lowest BCUT2D eigenvalue weighted by Crippen LogP contribution is -2.16. The molecule has 1 unspecified atom stereocenters. The number of nitrogens with zero attached hydrogens (tertiary/aromatic N) is 1. The van der Waals surface area contributed by atoms with Crippen molar-refractivity contribution < 1.29 is 4.79 Å². The minimum absolute atomic E-state index is 0.129. The Labute approximate surface area is 138 Å². The molecule has 0 fully saturated rings. The summed E-state index contributed by atoms with van der Waals surface area (Å²) in [5.41, 5.74) is 2.58. The van der Waals surface area contributed by atoms with Crippen LogP contribution in [0.15, 0.2) is 78.9 Å². The molecule has 0 saturated carbocycles. The number of alkyl halides is 1. The number of hydrogen-bond acceptors (Lipinski definition) is 1. The van der Waals surface area contributed by atoms with Crippen molar-refractivity contribution in [2.45, 2.75) is 5.38 Å². The molecular formula is C20H14ClNO. The van der Waals surface area contributed by atoms with Crippen LogP contribution in [0.5, 0.6) is 0 Å². The average molecular weight is 320 g/mol. The third-order valence-electron chi connectivity index (χ3n) is 4.11. The maximum Gasteiger partial charge on any atom is 0.254 e. The summed E-state index contributed by atoms with van der Waals surface area (Å²) < 4.78 is 1.73. The molecule has 3 aromatic carbocycles. The quantitative estimate of drug-likeness (QED) is 0.452. The SMILES string of the molecule is O=C(C(Cl)c1ccccc1)n1c2ccccc2c2ccccc21. The molecule has 0 saturated heterocycles. The summed E-state index contributed by atoms with van der Waals surface area (Å²) in [5.74, 6) is -0.129. The lowest BCUT2D eigenvalue weighted by atomic mass is 10.1. The van der Waals surface area contributed by atoms with Gasteiger partial charge < -0.3 is 0 Å². The van der Waals surface area contributed by atoms with Crippen LogP contribution in [0.1, 0.15) is 15.7 Å². The number of fused-ring (bicyclic) bond motifs is 3. The number of hydrogen-bond donors (Lipinski definition) is 0. The number of benzene rings is 3. The predicted octanol–water partition coefficient (Wildman–Crippen LogP) is 5.41. The van der Waals surface area contributed by atoms with E-state index in [0.717, 1.165) is 27.4 Å². The largest absolute Gasteiger partial charge is 0.278 e. The van der Waals surface area contributed by atoms with Crippen LogP contribution < -0.4 is 0 Å². The number of carbonyl (C=O) groups excluding carboxylic acids is 1. The maximum atomic E-state index is 13.1. The fourth-order valence-corrected chi connectivity index (χ4v) is 3.28. The molecule has 0 aliphatic rings. The van der Waals surface area contributed by atoms with Gasteiger partial charge in [0.05, 0.1) is 11.0 Å². The molecule has 2 nitrogen and oxygen atoms in total. The molecule has 4 aromatic rings. The van der Waals surface area contributed by atoms with Gasteiger partial charge in [-0.25, -0.2) is 0 Å². The molecule has 0 aliphatic carbocycles. The summed E-state index contributed by atoms with van der Waals surface area (Å²) >= 11 is 6.48. The Morgan fingerprint density at radius 3 is 1.78 bits per heavy atom. The second-order valence-electron chi connectivity index (χ2n) is 5.48. The molecule has 0 aliphatic heterocycles. The summed E-state index contributed by atoms with van der Waals surface area (Å²) in [4.78, 5) is 13.1. The number of carbonyl (C=O) groups is 1. The number of aromatic nitrogens is 1. The van der Waals surface area contributed by atoms with Crippen LogP contribution in [0, 0.1) is 0 Å². The van der Waals surface area contributed by atoms with Gasteiger partial charge >= 0.3 is 0 Å². The first kappa shape index (κ1) is 14.0. The average Bonchev–Trinajstić information content (AvgIpc) is 2.96. The minimum Gasteiger partial charge on any atom is -0.278 e. The minimum atomic E-state index is -0.713. The lowest BCUT2D eigenvalue weighted by molar-refractivity contribution is 0.0918. The van der Waals surface area contributed by atoms with Gasteiger partial charge in [-0.3, -0.25) is 9.36 Å². The van der Waals surface area contributed by atoms with Crippen molar-refractivity contribution in [3.05, 3.63) is 84.4 Å². The van der Waals surface area contributed by atoms with Gasteiger partial charge in [0.1, 0.15) is 5.38 Å². The first-order valence-corrected chi connectivity index (χ1v) is 7.92. The van der Waals surface area contributed by atoms with E-state index >= 15 is 0 Å². The highest BCUT2D eigenvalue weighted by atomic mass is 35.5. The van der Waals surface area contributed by atoms with Gasteiger partial charge in [0.2, 0.25) is 0 Å². The van der Waals surface area contributed by atoms with E-state index in [4.69, 9.17) is 11.6 Å². The van der Waals surface area contributed by atoms with Crippen molar-refractivity contribution in [2.24, 2.45) is 0 Å². The Morgan fingerprint density at radius 1 is 0.739 bits per heavy atom. The fourth-order valence-electron chi connectivity index (χ4n) is 3.04. The molecule has 0 N–H and O–H groups in total. The zero-order chi connectivity index (χ0) is 15.8. The molecule has 0 bridgehead atoms. The molecule has 0 amide bonds. The van der Waals surface area contributed by atoms with Crippen LogP contribution in [-0.2, 0) is 0 Å². The van der Waals surface area contributed by atoms with Gasteiger partial charge in [0.15, 0.2) is 0 Å². The van der Waals surface area contributed by atoms with Gasteiger partial charge in [0, 0.05) is 10.8 Å². The maximum absolute atomic E-state index is 13.1. The van der Waals surface area contributed by atoms with Crippen molar-refractivity contribution in [1.82, 2.24) is 4.57 Å². The Morgan fingerprint density at radius 2 is 1.22 bits per heavy atom. The lowest BCUT2D eigenvalue weighted by Gasteiger charge is -2.12. The zero-order valence-corrected chi connectivity index (χ0v) is 13.1. The molecule has 1 atom stereocenters. The van der Waals surface area contributed by atoms with E-state index in [1.807, 2.05) is 78.9 Å². The highest BCUT2D eigenvalue weighted by Gasteiger charge is 2.23. The van der Waals surface area contributed by atoms with Crippen LogP contribution >= 0.6 is 11.6 Å². The van der Waals surface area contributed by atoms with Crippen molar-refractivity contribution in [3.63, 3.8) is 0 Å². The van der Waals surface area contributed by atoms with Crippen LogP contribution in [0.25, 0.3) is 21.8 Å². The highest BCUT2D eigenvalue weighted by molar-refractivity contribution is 6.32. The summed E-state index contributed by atoms with van der Waals surface area (Å²) in [7, 11) is 0. The third kappa shape index (κ3) is 2.23. The van der Waals surface area contributed by atoms with Crippen molar-refractivity contribution in [3.8, 4) is 0 Å². The van der Waals surface area contributed by atoms with Crippen LogP contribution in [0.4, 0.5) is 0 Å². The molecule has 1 aromatic heterocycles. The van der Waals surface area contributed by atoms with Gasteiger partial charge in [-0.05, 0) is 17.7 Å². The zero-order valence-electron chi connectivity index (χ0n) is 12.3. The molecule has 0 spiro atoms. The number of para-hydroxylation sites is 2. The first-order chi connectivity index (χ1) is 11.3. The molecule has 3 heteroatoms. The topological polar surface area (TPSA) is 22.0 Å². The van der Waals surface area contributed by atoms with Crippen molar-refractivity contribution in [2.75, 3.05) is 0 Å². The van der Waals surface area contributed by atoms with E-state index in [9.17, 15) is 4.79 Å². The van der Waals surface area contributed by atoms with E-state index in [1.54, 1.807) is 4.57 Å². The summed E-state index contributed by atoms with van der Waals surface area (Å²) in [6.07, 6.45) is 0. The van der Waals surface area contributed by atoms with Gasteiger partial charge in [-0.2, -0.15) is 0 Å². The normalized spacial score (nSPS) is 12.6. The van der Waals surface area contributed by atoms with Crippen molar-refractivity contribution >= 4 is 39.3 Å². The van der Waals surface area contributed by atoms with Crippen molar-refractivity contribution in [1.29, 1.82) is 0 Å². The summed E-state index contributed by atoms with van der Waals surface area (Å²) in [6, 6.07) is 25.3. The summed E-state index contributed by atoms with van der Waals surface area (Å²) in [6.45, 7) is 0. The van der Waals surface area contributed by atoms with E-state index in [2.05, 4.69) is 0 Å². The van der Waals surface area contributed by atoms with E-state index in [0.29, 0.717) is 0 Å². The first-order valence-electron chi connectivity index (χ1n) is 7.49. The van der Waals surface area contributed by atoms with Crippen LogP contribution in [-0.4, -0.2) is 10.5 Å². The molecular weight excluding hydrogens is 306 g/mol. The molecule has 23 heavy (non-hydrogen) atoms. The van der Waals surface area contributed by atoms with Crippen LogP contribution in [0.3, 0.4) is 0 Å². The van der Waals surface area contributed by atoms with Gasteiger partial charge in [-0.1, -0.05) is 66.7 Å². The summed E-state index contributed by atoms with van der Waals surface area (Å²) in [5, 5.41) is 1.41. The number of rotatable bonds is 2. The molecule has 4 rings (SSSR count). The van der Waals surface area contributed by atoms with E-state index in [1.165, 1.54) is 0 Å². The monoisotopic (exact) mass is 319 g/mol. The second kappa shape index (κ2) is 5.56. The van der Waals surface area contributed by atoms with E-state index in [-0.39, 0.29) is 5.91 Å². The smallest absolute Gasteiger partial charge is 0.254 e. The molecule has 112 valence electrons. The Kier molecular flexibility index (Phi) is 3.40. The molecule has 1 heterocycles. The Hall–Kier alpha value is -2.58. The van der Waals surface area contributed by atoms with E-state index < -0.39 is 5.38 Å². The third-order valence-corrected chi connectivity index (χ3v) is 4.55. The standard InChI is InChI=1S/C20H14ClNO/c21-19(14-8-2-1-3-9-14)20(23)22-17-12-6-4-10-15(17)16-11-5-7-13-18(16)22/h1-13,19H. The van der Waals surface area contributed by atoms with Gasteiger partial charge in [-0.15, -0.1) is 11.6 Å². The second-order valence-corrected chi connectivity index (χ2v) is 5.92. The Bertz CT molecular complexity index is 951. The predicted molar refractivity (Wildman–Crippen MR) is 95.1 cm³/mol. The number of halogens is 1.